The van der Waals surface area contributed by atoms with Crippen molar-refractivity contribution in [3.8, 4) is 0 Å². The minimum absolute atomic E-state index is 0.156. The van der Waals surface area contributed by atoms with Gasteiger partial charge in [0.25, 0.3) is 5.91 Å². The Balaban J connectivity index is 1.63. The predicted octanol–water partition coefficient (Wildman–Crippen LogP) is 3.63. The number of para-hydroxylation sites is 2. The number of benzene rings is 2. The van der Waals surface area contributed by atoms with Crippen LogP contribution in [0.4, 0.5) is 0 Å². The lowest BCUT2D eigenvalue weighted by molar-refractivity contribution is 0.0923. The van der Waals surface area contributed by atoms with Crippen LogP contribution in [-0.4, -0.2) is 25.8 Å². The number of aromatic amines is 1. The van der Waals surface area contributed by atoms with Crippen LogP contribution < -0.4 is 5.32 Å². The van der Waals surface area contributed by atoms with Crippen molar-refractivity contribution >= 4 is 28.0 Å². The van der Waals surface area contributed by atoms with Crippen molar-refractivity contribution in [2.75, 3.05) is 0 Å². The van der Waals surface area contributed by atoms with Crippen molar-refractivity contribution in [3.63, 3.8) is 0 Å². The van der Waals surface area contributed by atoms with E-state index in [9.17, 15) is 4.79 Å². The van der Waals surface area contributed by atoms with E-state index in [1.807, 2.05) is 30.3 Å². The summed E-state index contributed by atoms with van der Waals surface area (Å²) >= 11 is 0. The van der Waals surface area contributed by atoms with Gasteiger partial charge in [-0.05, 0) is 36.2 Å². The molecule has 0 aliphatic rings. The second-order valence-corrected chi connectivity index (χ2v) is 6.59. The Bertz CT molecular complexity index is 1050. The van der Waals surface area contributed by atoms with Crippen LogP contribution in [0.5, 0.6) is 0 Å². The Morgan fingerprint density at radius 1 is 1.00 bits per heavy atom. The number of fused-ring (bicyclic) bond motifs is 2. The maximum atomic E-state index is 12.8. The zero-order chi connectivity index (χ0) is 18.1. The van der Waals surface area contributed by atoms with E-state index >= 15 is 0 Å². The van der Waals surface area contributed by atoms with E-state index in [1.54, 1.807) is 24.5 Å². The van der Waals surface area contributed by atoms with Gasteiger partial charge in [0.2, 0.25) is 0 Å². The molecule has 130 valence electrons. The molecule has 0 fully saturated rings. The van der Waals surface area contributed by atoms with E-state index in [2.05, 4.69) is 39.1 Å². The molecule has 4 rings (SSSR count). The van der Waals surface area contributed by atoms with Gasteiger partial charge in [-0.3, -0.25) is 14.8 Å². The van der Waals surface area contributed by atoms with Gasteiger partial charge in [-0.2, -0.15) is 0 Å². The van der Waals surface area contributed by atoms with E-state index in [0.29, 0.717) is 11.1 Å². The highest BCUT2D eigenvalue weighted by Gasteiger charge is 2.22. The molecule has 1 unspecified atom stereocenters. The van der Waals surface area contributed by atoms with Crippen LogP contribution in [0, 0.1) is 5.92 Å². The normalized spacial score (nSPS) is 12.6. The number of aromatic nitrogens is 4. The number of imidazole rings is 1. The summed E-state index contributed by atoms with van der Waals surface area (Å²) < 4.78 is 0. The summed E-state index contributed by atoms with van der Waals surface area (Å²) in [7, 11) is 0. The lowest BCUT2D eigenvalue weighted by Gasteiger charge is -2.20. The molecule has 1 atom stereocenters. The van der Waals surface area contributed by atoms with Gasteiger partial charge in [-0.25, -0.2) is 4.98 Å². The third-order valence-corrected chi connectivity index (χ3v) is 4.39. The van der Waals surface area contributed by atoms with Crippen LogP contribution in [-0.2, 0) is 0 Å². The highest BCUT2D eigenvalue weighted by atomic mass is 16.1. The predicted molar refractivity (Wildman–Crippen MR) is 101 cm³/mol. The number of nitrogens with one attached hydrogen (secondary N) is 2. The topological polar surface area (TPSA) is 83.6 Å². The van der Waals surface area contributed by atoms with E-state index in [-0.39, 0.29) is 17.9 Å². The number of amides is 1. The third kappa shape index (κ3) is 3.01. The molecule has 0 saturated heterocycles. The second kappa shape index (κ2) is 6.55. The van der Waals surface area contributed by atoms with Crippen LogP contribution in [0.25, 0.3) is 22.1 Å². The Morgan fingerprint density at radius 3 is 2.54 bits per heavy atom. The number of carbonyl (C=O) groups is 1. The summed E-state index contributed by atoms with van der Waals surface area (Å²) in [6.45, 7) is 4.12. The van der Waals surface area contributed by atoms with Gasteiger partial charge in [-0.15, -0.1) is 0 Å². The average molecular weight is 345 g/mol. The molecule has 2 aromatic carbocycles. The Hall–Kier alpha value is -3.28. The molecule has 0 radical (unpaired) electrons. The Labute approximate surface area is 150 Å². The molecule has 0 bridgehead atoms. The Morgan fingerprint density at radius 2 is 1.77 bits per heavy atom. The van der Waals surface area contributed by atoms with Crippen LogP contribution in [0.3, 0.4) is 0 Å². The Kier molecular flexibility index (Phi) is 4.08. The smallest absolute Gasteiger partial charge is 0.251 e. The summed E-state index contributed by atoms with van der Waals surface area (Å²) in [6.07, 6.45) is 3.26. The van der Waals surface area contributed by atoms with Gasteiger partial charge < -0.3 is 10.3 Å². The highest BCUT2D eigenvalue weighted by molar-refractivity contribution is 5.97. The third-order valence-electron chi connectivity index (χ3n) is 4.39. The van der Waals surface area contributed by atoms with Crippen LogP contribution in [0.1, 0.15) is 36.1 Å². The van der Waals surface area contributed by atoms with Gasteiger partial charge >= 0.3 is 0 Å². The van der Waals surface area contributed by atoms with Gasteiger partial charge in [0, 0.05) is 18.0 Å². The summed E-state index contributed by atoms with van der Waals surface area (Å²) in [5.41, 5.74) is 3.87. The molecule has 2 aromatic heterocycles. The monoisotopic (exact) mass is 345 g/mol. The van der Waals surface area contributed by atoms with Gasteiger partial charge in [0.05, 0.1) is 28.1 Å². The molecule has 6 heteroatoms. The number of hydrogen-bond acceptors (Lipinski definition) is 4. The van der Waals surface area contributed by atoms with Crippen molar-refractivity contribution in [2.45, 2.75) is 19.9 Å². The first kappa shape index (κ1) is 16.2. The van der Waals surface area contributed by atoms with Crippen molar-refractivity contribution in [1.29, 1.82) is 0 Å². The van der Waals surface area contributed by atoms with Crippen molar-refractivity contribution in [1.82, 2.24) is 25.3 Å². The number of carbonyl (C=O) groups excluding carboxylic acids is 1. The van der Waals surface area contributed by atoms with Crippen LogP contribution >= 0.6 is 0 Å². The zero-order valence-electron chi connectivity index (χ0n) is 14.6. The summed E-state index contributed by atoms with van der Waals surface area (Å²) in [4.78, 5) is 29.2. The number of H-pyrrole nitrogens is 1. The molecule has 1 amide bonds. The molecule has 0 aliphatic carbocycles. The van der Waals surface area contributed by atoms with E-state index in [0.717, 1.165) is 22.4 Å². The number of hydrogen-bond donors (Lipinski definition) is 2. The van der Waals surface area contributed by atoms with Gasteiger partial charge in [0.1, 0.15) is 5.82 Å². The maximum absolute atomic E-state index is 12.8. The first-order valence-corrected chi connectivity index (χ1v) is 8.58. The fraction of sp³-hybridized carbons (Fsp3) is 0.200. The van der Waals surface area contributed by atoms with E-state index in [1.165, 1.54) is 0 Å². The van der Waals surface area contributed by atoms with E-state index in [4.69, 9.17) is 0 Å². The first-order valence-electron chi connectivity index (χ1n) is 8.58. The molecule has 0 spiro atoms. The average Bonchev–Trinajstić information content (AvgIpc) is 3.09. The summed E-state index contributed by atoms with van der Waals surface area (Å²) in [5.74, 6) is 0.784. The summed E-state index contributed by atoms with van der Waals surface area (Å²) in [5, 5.41) is 3.09. The minimum atomic E-state index is -0.215. The molecule has 2 N–H and O–H groups in total. The van der Waals surface area contributed by atoms with Gasteiger partial charge in [0.15, 0.2) is 0 Å². The zero-order valence-corrected chi connectivity index (χ0v) is 14.6. The molecule has 4 aromatic rings. The molecule has 6 nitrogen and oxygen atoms in total. The largest absolute Gasteiger partial charge is 0.342 e. The molecule has 2 heterocycles. The first-order chi connectivity index (χ1) is 12.6. The SMILES string of the molecule is CC(C)C(NC(=O)c1ccc2nccnc2c1)c1nc2ccccc2[nH]1. The molecule has 0 saturated carbocycles. The molecular formula is C20H19N5O. The maximum Gasteiger partial charge on any atom is 0.251 e. The van der Waals surface area contributed by atoms with Crippen LogP contribution in [0.15, 0.2) is 54.9 Å². The molecule has 0 aliphatic heterocycles. The molecule has 26 heavy (non-hydrogen) atoms. The highest BCUT2D eigenvalue weighted by Crippen LogP contribution is 2.23. The van der Waals surface area contributed by atoms with E-state index < -0.39 is 0 Å². The van der Waals surface area contributed by atoms with Crippen molar-refractivity contribution in [3.05, 3.63) is 66.2 Å². The lowest BCUT2D eigenvalue weighted by atomic mass is 10.0. The standard InChI is InChI=1S/C20H19N5O/c1-12(2)18(19-23-15-5-3-4-6-16(15)24-19)25-20(26)13-7-8-14-17(11-13)22-10-9-21-14/h3-12,18H,1-2H3,(H,23,24)(H,25,26). The van der Waals surface area contributed by atoms with Crippen molar-refractivity contribution in [2.24, 2.45) is 5.92 Å². The minimum Gasteiger partial charge on any atom is -0.342 e. The quantitative estimate of drug-likeness (QED) is 0.591. The fourth-order valence-corrected chi connectivity index (χ4v) is 3.00. The second-order valence-electron chi connectivity index (χ2n) is 6.59. The number of rotatable bonds is 4. The van der Waals surface area contributed by atoms with Crippen molar-refractivity contribution < 1.29 is 4.79 Å². The fourth-order valence-electron chi connectivity index (χ4n) is 3.00. The van der Waals surface area contributed by atoms with Crippen LogP contribution in [0.2, 0.25) is 0 Å². The van der Waals surface area contributed by atoms with Gasteiger partial charge in [-0.1, -0.05) is 26.0 Å². The molecular weight excluding hydrogens is 326 g/mol. The summed E-state index contributed by atoms with van der Waals surface area (Å²) in [6, 6.07) is 13.0. The lowest BCUT2D eigenvalue weighted by Crippen LogP contribution is -2.32. The number of nitrogens with zero attached hydrogens (tertiary/aromatic N) is 3.